The SMILES string of the molecule is CN=C(NCCc1c(OC)cc(OC)cc1OC)NC1CCS(=O)(=O)C1.I. The lowest BCUT2D eigenvalue weighted by atomic mass is 10.1. The molecule has 1 unspecified atom stereocenters. The van der Waals surface area contributed by atoms with Crippen molar-refractivity contribution in [3.8, 4) is 17.2 Å². The zero-order chi connectivity index (χ0) is 19.2. The number of ether oxygens (including phenoxy) is 3. The highest BCUT2D eigenvalue weighted by atomic mass is 127. The van der Waals surface area contributed by atoms with E-state index in [1.165, 1.54) is 0 Å². The van der Waals surface area contributed by atoms with Gasteiger partial charge in [0, 0.05) is 37.3 Å². The largest absolute Gasteiger partial charge is 0.496 e. The molecule has 1 fully saturated rings. The average molecular weight is 513 g/mol. The molecule has 1 aromatic rings. The van der Waals surface area contributed by atoms with Crippen LogP contribution in [0.5, 0.6) is 17.2 Å². The fourth-order valence-corrected chi connectivity index (χ4v) is 4.60. The number of aliphatic imine (C=N–C) groups is 1. The second kappa shape index (κ2) is 10.8. The predicted molar refractivity (Wildman–Crippen MR) is 117 cm³/mol. The maximum absolute atomic E-state index is 11.6. The van der Waals surface area contributed by atoms with Gasteiger partial charge < -0.3 is 24.8 Å². The maximum Gasteiger partial charge on any atom is 0.191 e. The molecule has 0 aliphatic carbocycles. The molecular formula is C17H28IN3O5S. The van der Waals surface area contributed by atoms with Crippen molar-refractivity contribution in [1.29, 1.82) is 0 Å². The summed E-state index contributed by atoms with van der Waals surface area (Å²) in [5.41, 5.74) is 0.919. The third kappa shape index (κ3) is 6.59. The Morgan fingerprint density at radius 2 is 1.81 bits per heavy atom. The molecule has 0 radical (unpaired) electrons. The van der Waals surface area contributed by atoms with E-state index in [0.717, 1.165) is 5.56 Å². The number of nitrogens with one attached hydrogen (secondary N) is 2. The molecule has 154 valence electrons. The van der Waals surface area contributed by atoms with Gasteiger partial charge in [0.2, 0.25) is 0 Å². The molecule has 1 atom stereocenters. The van der Waals surface area contributed by atoms with Crippen LogP contribution in [0.1, 0.15) is 12.0 Å². The molecule has 2 N–H and O–H groups in total. The van der Waals surface area contributed by atoms with Crippen LogP contribution >= 0.6 is 24.0 Å². The molecule has 1 aromatic carbocycles. The van der Waals surface area contributed by atoms with Crippen LogP contribution in [0.15, 0.2) is 17.1 Å². The first-order valence-electron chi connectivity index (χ1n) is 8.39. The van der Waals surface area contributed by atoms with E-state index < -0.39 is 9.84 Å². The Balaban J connectivity index is 0.00000364. The first-order chi connectivity index (χ1) is 12.4. The number of methoxy groups -OCH3 is 3. The molecule has 0 saturated carbocycles. The summed E-state index contributed by atoms with van der Waals surface area (Å²) < 4.78 is 39.3. The van der Waals surface area contributed by atoms with Crippen LogP contribution in [0, 0.1) is 0 Å². The molecule has 1 heterocycles. The number of rotatable bonds is 7. The van der Waals surface area contributed by atoms with Crippen LogP contribution in [-0.4, -0.2) is 66.8 Å². The molecule has 1 aliphatic rings. The smallest absolute Gasteiger partial charge is 0.191 e. The van der Waals surface area contributed by atoms with E-state index in [2.05, 4.69) is 15.6 Å². The number of hydrogen-bond acceptors (Lipinski definition) is 6. The molecule has 8 nitrogen and oxygen atoms in total. The minimum atomic E-state index is -2.93. The van der Waals surface area contributed by atoms with Gasteiger partial charge in [0.1, 0.15) is 17.2 Å². The minimum absolute atomic E-state index is 0. The minimum Gasteiger partial charge on any atom is -0.496 e. The van der Waals surface area contributed by atoms with Crippen molar-refractivity contribution in [3.63, 3.8) is 0 Å². The van der Waals surface area contributed by atoms with Crippen LogP contribution in [0.4, 0.5) is 0 Å². The zero-order valence-electron chi connectivity index (χ0n) is 16.1. The first-order valence-corrected chi connectivity index (χ1v) is 10.2. The van der Waals surface area contributed by atoms with Crippen molar-refractivity contribution >= 4 is 39.8 Å². The number of sulfone groups is 1. The molecule has 0 amide bonds. The Morgan fingerprint density at radius 3 is 2.26 bits per heavy atom. The molecule has 27 heavy (non-hydrogen) atoms. The maximum atomic E-state index is 11.6. The van der Waals surface area contributed by atoms with Crippen LogP contribution in [0.2, 0.25) is 0 Å². The summed E-state index contributed by atoms with van der Waals surface area (Å²) in [7, 11) is 3.53. The number of guanidine groups is 1. The molecule has 0 spiro atoms. The Labute approximate surface area is 178 Å². The Bertz CT molecular complexity index is 730. The van der Waals surface area contributed by atoms with Gasteiger partial charge in [0.25, 0.3) is 0 Å². The van der Waals surface area contributed by atoms with E-state index in [1.54, 1.807) is 28.4 Å². The molecule has 10 heteroatoms. The predicted octanol–water partition coefficient (Wildman–Crippen LogP) is 1.22. The van der Waals surface area contributed by atoms with Gasteiger partial charge in [-0.25, -0.2) is 8.42 Å². The van der Waals surface area contributed by atoms with Gasteiger partial charge in [0.05, 0.1) is 32.8 Å². The Hall–Kier alpha value is -1.43. The van der Waals surface area contributed by atoms with E-state index >= 15 is 0 Å². The second-order valence-corrected chi connectivity index (χ2v) is 8.23. The topological polar surface area (TPSA) is 98.2 Å². The molecule has 0 bridgehead atoms. The molecular weight excluding hydrogens is 485 g/mol. The lowest BCUT2D eigenvalue weighted by molar-refractivity contribution is 0.368. The number of hydrogen-bond donors (Lipinski definition) is 2. The van der Waals surface area contributed by atoms with Crippen molar-refractivity contribution in [2.24, 2.45) is 4.99 Å². The van der Waals surface area contributed by atoms with Gasteiger partial charge >= 0.3 is 0 Å². The summed E-state index contributed by atoms with van der Waals surface area (Å²) in [5, 5.41) is 6.37. The number of benzene rings is 1. The summed E-state index contributed by atoms with van der Waals surface area (Å²) in [6.07, 6.45) is 1.24. The van der Waals surface area contributed by atoms with E-state index in [1.807, 2.05) is 12.1 Å². The first kappa shape index (κ1) is 23.6. The lowest BCUT2D eigenvalue weighted by Crippen LogP contribution is -2.44. The highest BCUT2D eigenvalue weighted by molar-refractivity contribution is 14.0. The number of nitrogens with zero attached hydrogens (tertiary/aromatic N) is 1. The van der Waals surface area contributed by atoms with Gasteiger partial charge in [-0.15, -0.1) is 24.0 Å². The standard InChI is InChI=1S/C17H27N3O5S.HI/c1-18-17(20-12-6-8-26(21,22)11-12)19-7-5-14-15(24-3)9-13(23-2)10-16(14)25-4;/h9-10,12H,5-8,11H2,1-4H3,(H2,18,19,20);1H. The third-order valence-corrected chi connectivity index (χ3v) is 6.05. The molecule has 2 rings (SSSR count). The monoisotopic (exact) mass is 513 g/mol. The van der Waals surface area contributed by atoms with Crippen LogP contribution in [-0.2, 0) is 16.3 Å². The lowest BCUT2D eigenvalue weighted by Gasteiger charge is -2.18. The molecule has 0 aromatic heterocycles. The summed E-state index contributed by atoms with van der Waals surface area (Å²) in [6.45, 7) is 0.582. The van der Waals surface area contributed by atoms with Crippen molar-refractivity contribution < 1.29 is 22.6 Å². The second-order valence-electron chi connectivity index (χ2n) is 6.00. The summed E-state index contributed by atoms with van der Waals surface area (Å²) in [6, 6.07) is 3.53. The van der Waals surface area contributed by atoms with Gasteiger partial charge in [-0.2, -0.15) is 0 Å². The van der Waals surface area contributed by atoms with Crippen LogP contribution in [0.25, 0.3) is 0 Å². The zero-order valence-corrected chi connectivity index (χ0v) is 19.2. The fourth-order valence-electron chi connectivity index (χ4n) is 2.93. The third-order valence-electron chi connectivity index (χ3n) is 4.28. The quantitative estimate of drug-likeness (QED) is 0.322. The van der Waals surface area contributed by atoms with Gasteiger partial charge in [0.15, 0.2) is 15.8 Å². The molecule has 1 aliphatic heterocycles. The fraction of sp³-hybridized carbons (Fsp3) is 0.588. The van der Waals surface area contributed by atoms with Crippen LogP contribution in [0.3, 0.4) is 0 Å². The van der Waals surface area contributed by atoms with Crippen molar-refractivity contribution in [2.45, 2.75) is 18.9 Å². The Morgan fingerprint density at radius 1 is 1.19 bits per heavy atom. The highest BCUT2D eigenvalue weighted by Gasteiger charge is 2.28. The van der Waals surface area contributed by atoms with E-state index in [9.17, 15) is 8.42 Å². The van der Waals surface area contributed by atoms with E-state index in [-0.39, 0.29) is 41.5 Å². The van der Waals surface area contributed by atoms with Crippen molar-refractivity contribution in [2.75, 3.05) is 46.4 Å². The van der Waals surface area contributed by atoms with Crippen molar-refractivity contribution in [3.05, 3.63) is 17.7 Å². The summed E-state index contributed by atoms with van der Waals surface area (Å²) in [5.74, 6) is 2.99. The van der Waals surface area contributed by atoms with Gasteiger partial charge in [-0.1, -0.05) is 0 Å². The van der Waals surface area contributed by atoms with Crippen LogP contribution < -0.4 is 24.8 Å². The molecule has 1 saturated heterocycles. The summed E-state index contributed by atoms with van der Waals surface area (Å²) in [4.78, 5) is 4.16. The van der Waals surface area contributed by atoms with E-state index in [4.69, 9.17) is 14.2 Å². The number of halogens is 1. The van der Waals surface area contributed by atoms with E-state index in [0.29, 0.717) is 42.6 Å². The summed E-state index contributed by atoms with van der Waals surface area (Å²) >= 11 is 0. The van der Waals surface area contributed by atoms with Crippen molar-refractivity contribution in [1.82, 2.24) is 10.6 Å². The highest BCUT2D eigenvalue weighted by Crippen LogP contribution is 2.34. The normalized spacial score (nSPS) is 18.4. The van der Waals surface area contributed by atoms with Gasteiger partial charge in [-0.3, -0.25) is 4.99 Å². The van der Waals surface area contributed by atoms with Gasteiger partial charge in [-0.05, 0) is 12.8 Å². The average Bonchev–Trinajstić information content (AvgIpc) is 2.98. The Kier molecular flexibility index (Phi) is 9.43.